The lowest BCUT2D eigenvalue weighted by atomic mass is 10.1. The van der Waals surface area contributed by atoms with Gasteiger partial charge in [0.25, 0.3) is 21.8 Å². The van der Waals surface area contributed by atoms with Crippen LogP contribution in [0.5, 0.6) is 0 Å². The first-order valence-electron chi connectivity index (χ1n) is 9.56. The van der Waals surface area contributed by atoms with Crippen molar-refractivity contribution in [2.24, 2.45) is 4.40 Å². The van der Waals surface area contributed by atoms with E-state index in [9.17, 15) is 18.0 Å². The summed E-state index contributed by atoms with van der Waals surface area (Å²) in [5.41, 5.74) is 2.41. The van der Waals surface area contributed by atoms with E-state index < -0.39 is 10.0 Å². The first-order valence-corrected chi connectivity index (χ1v) is 12.0. The van der Waals surface area contributed by atoms with Gasteiger partial charge in [-0.2, -0.15) is 0 Å². The van der Waals surface area contributed by atoms with Crippen LogP contribution < -0.4 is 15.5 Å². The molecule has 11 heteroatoms. The highest BCUT2D eigenvalue weighted by molar-refractivity contribution is 8.15. The molecule has 9 nitrogen and oxygen atoms in total. The summed E-state index contributed by atoms with van der Waals surface area (Å²) in [5.74, 6) is -0.496. The molecule has 3 heterocycles. The molecule has 0 radical (unpaired) electrons. The lowest BCUT2D eigenvalue weighted by Crippen LogP contribution is -2.35. The first kappa shape index (κ1) is 20.3. The monoisotopic (exact) mass is 468 g/mol. The normalized spacial score (nSPS) is 16.0. The highest BCUT2D eigenvalue weighted by Gasteiger charge is 2.33. The van der Waals surface area contributed by atoms with Gasteiger partial charge < -0.3 is 20.0 Å². The average Bonchev–Trinajstić information content (AvgIpc) is 3.41. The highest BCUT2D eigenvalue weighted by atomic mass is 32.2. The van der Waals surface area contributed by atoms with Crippen LogP contribution in [0.1, 0.15) is 20.9 Å². The minimum Gasteiger partial charge on any atom is -0.459 e. The van der Waals surface area contributed by atoms with Gasteiger partial charge in [-0.05, 0) is 66.4 Å². The van der Waals surface area contributed by atoms with Crippen LogP contribution in [0.15, 0.2) is 74.6 Å². The number of rotatable bonds is 4. The van der Waals surface area contributed by atoms with Gasteiger partial charge in [0, 0.05) is 28.4 Å². The Kier molecular flexibility index (Phi) is 4.98. The van der Waals surface area contributed by atoms with E-state index in [1.807, 2.05) is 4.90 Å². The van der Waals surface area contributed by atoms with Gasteiger partial charge in [-0.3, -0.25) is 9.59 Å². The van der Waals surface area contributed by atoms with Crippen LogP contribution in [-0.2, 0) is 10.0 Å². The van der Waals surface area contributed by atoms with Gasteiger partial charge in [-0.15, -0.1) is 4.40 Å². The minimum atomic E-state index is -3.43. The second-order valence-electron chi connectivity index (χ2n) is 7.06. The second kappa shape index (κ2) is 7.84. The molecule has 0 aliphatic carbocycles. The third-order valence-electron chi connectivity index (χ3n) is 4.88. The molecule has 5 rings (SSSR count). The van der Waals surface area contributed by atoms with Crippen molar-refractivity contribution in [3.63, 3.8) is 0 Å². The molecule has 0 atom stereocenters. The van der Waals surface area contributed by atoms with Gasteiger partial charge in [0.15, 0.2) is 10.9 Å². The van der Waals surface area contributed by atoms with Crippen LogP contribution in [0.4, 0.5) is 17.1 Å². The van der Waals surface area contributed by atoms with Crippen molar-refractivity contribution in [1.29, 1.82) is 0 Å². The van der Waals surface area contributed by atoms with Crippen LogP contribution in [0.25, 0.3) is 0 Å². The van der Waals surface area contributed by atoms with E-state index in [1.165, 1.54) is 18.0 Å². The lowest BCUT2D eigenvalue weighted by molar-refractivity contribution is 0.0994. The van der Waals surface area contributed by atoms with Crippen LogP contribution in [0, 0.1) is 0 Å². The number of benzene rings is 2. The van der Waals surface area contributed by atoms with Crippen molar-refractivity contribution >= 4 is 55.8 Å². The fraction of sp³-hybridized carbons (Fsp3) is 0.0952. The predicted octanol–water partition coefficient (Wildman–Crippen LogP) is 3.40. The number of nitrogens with zero attached hydrogens (tertiary/aromatic N) is 2. The molecule has 0 fully saturated rings. The number of carbonyl (C=O) groups excluding carboxylic acids is 2. The van der Waals surface area contributed by atoms with Crippen molar-refractivity contribution in [2.45, 2.75) is 4.90 Å². The number of sulfonamides is 1. The number of nitrogens with one attached hydrogen (secondary N) is 2. The van der Waals surface area contributed by atoms with Crippen molar-refractivity contribution in [3.05, 3.63) is 72.2 Å². The number of fused-ring (bicyclic) bond motifs is 3. The van der Waals surface area contributed by atoms with E-state index in [1.54, 1.807) is 54.6 Å². The summed E-state index contributed by atoms with van der Waals surface area (Å²) in [4.78, 5) is 27.4. The zero-order valence-electron chi connectivity index (χ0n) is 16.4. The molecule has 2 aliphatic rings. The van der Waals surface area contributed by atoms with E-state index >= 15 is 0 Å². The zero-order valence-corrected chi connectivity index (χ0v) is 18.1. The Morgan fingerprint density at radius 3 is 2.41 bits per heavy atom. The summed E-state index contributed by atoms with van der Waals surface area (Å²) < 4.78 is 32.4. The number of thioether (sulfide) groups is 1. The standard InChI is InChI=1S/C21H16N4O5S2/c26-19(22-14-4-6-15(7-5-14)23-20(27)17-2-1-10-30-17)13-3-8-16-18(12-13)31-21-24-32(28,29)11-9-25(16)21/h1-8,10,12H,9,11H2,(H,22,26)(H,23,27). The molecule has 2 N–H and O–H groups in total. The van der Waals surface area contributed by atoms with Crippen molar-refractivity contribution in [1.82, 2.24) is 0 Å². The number of anilines is 3. The molecule has 0 bridgehead atoms. The summed E-state index contributed by atoms with van der Waals surface area (Å²) in [6, 6.07) is 15.1. The fourth-order valence-corrected chi connectivity index (χ4v) is 5.61. The van der Waals surface area contributed by atoms with Gasteiger partial charge in [0.05, 0.1) is 17.7 Å². The lowest BCUT2D eigenvalue weighted by Gasteiger charge is -2.22. The minimum absolute atomic E-state index is 0.0311. The van der Waals surface area contributed by atoms with Gasteiger partial charge >= 0.3 is 0 Å². The Hall–Kier alpha value is -3.57. The predicted molar refractivity (Wildman–Crippen MR) is 122 cm³/mol. The summed E-state index contributed by atoms with van der Waals surface area (Å²) >= 11 is 1.24. The molecule has 1 aromatic heterocycles. The van der Waals surface area contributed by atoms with Gasteiger partial charge in [-0.25, -0.2) is 8.42 Å². The maximum absolute atomic E-state index is 12.7. The Balaban J connectivity index is 1.27. The summed E-state index contributed by atoms with van der Waals surface area (Å²) in [7, 11) is -3.43. The van der Waals surface area contributed by atoms with E-state index in [0.717, 1.165) is 10.6 Å². The van der Waals surface area contributed by atoms with Gasteiger partial charge in [0.2, 0.25) is 0 Å². The zero-order chi connectivity index (χ0) is 22.3. The summed E-state index contributed by atoms with van der Waals surface area (Å²) in [5, 5.41) is 5.94. The Morgan fingerprint density at radius 2 is 1.72 bits per heavy atom. The van der Waals surface area contributed by atoms with Crippen molar-refractivity contribution in [2.75, 3.05) is 27.8 Å². The smallest absolute Gasteiger partial charge is 0.291 e. The van der Waals surface area contributed by atoms with E-state index in [0.29, 0.717) is 28.7 Å². The number of amidine groups is 1. The number of hydrogen-bond acceptors (Lipinski definition) is 7. The molecular weight excluding hydrogens is 452 g/mol. The van der Waals surface area contributed by atoms with E-state index in [4.69, 9.17) is 4.42 Å². The van der Waals surface area contributed by atoms with Crippen LogP contribution in [0.3, 0.4) is 0 Å². The molecule has 2 aromatic carbocycles. The topological polar surface area (TPSA) is 121 Å². The quantitative estimate of drug-likeness (QED) is 0.602. The molecule has 0 unspecified atom stereocenters. The van der Waals surface area contributed by atoms with Crippen LogP contribution >= 0.6 is 11.8 Å². The number of carbonyl (C=O) groups is 2. The fourth-order valence-electron chi connectivity index (χ4n) is 3.31. The SMILES string of the molecule is O=C(Nc1ccc(NC(=O)c2ccco2)cc1)c1ccc2c(c1)SC1=NS(=O)(=O)CCN12. The Bertz CT molecular complexity index is 1350. The largest absolute Gasteiger partial charge is 0.459 e. The van der Waals surface area contributed by atoms with Crippen LogP contribution in [0.2, 0.25) is 0 Å². The van der Waals surface area contributed by atoms with E-state index in [2.05, 4.69) is 15.0 Å². The maximum Gasteiger partial charge on any atom is 0.291 e. The average molecular weight is 469 g/mol. The van der Waals surface area contributed by atoms with Gasteiger partial charge in [-0.1, -0.05) is 0 Å². The van der Waals surface area contributed by atoms with Crippen LogP contribution in [-0.4, -0.2) is 37.7 Å². The van der Waals surface area contributed by atoms with E-state index in [-0.39, 0.29) is 23.3 Å². The number of furan rings is 1. The Morgan fingerprint density at radius 1 is 1.00 bits per heavy atom. The Labute approximate surface area is 187 Å². The van der Waals surface area contributed by atoms with Crippen molar-refractivity contribution < 1.29 is 22.4 Å². The molecule has 0 spiro atoms. The molecule has 3 aromatic rings. The third kappa shape index (κ3) is 3.99. The maximum atomic E-state index is 12.7. The molecular formula is C21H16N4O5S2. The third-order valence-corrected chi connectivity index (χ3v) is 7.19. The number of hydrogen-bond donors (Lipinski definition) is 2. The molecule has 2 amide bonds. The number of amides is 2. The highest BCUT2D eigenvalue weighted by Crippen LogP contribution is 2.42. The van der Waals surface area contributed by atoms with Gasteiger partial charge in [0.1, 0.15) is 0 Å². The van der Waals surface area contributed by atoms with Crippen molar-refractivity contribution in [3.8, 4) is 0 Å². The first-order chi connectivity index (χ1) is 15.4. The summed E-state index contributed by atoms with van der Waals surface area (Å²) in [6.07, 6.45) is 1.42. The molecule has 2 aliphatic heterocycles. The molecule has 0 saturated heterocycles. The molecule has 0 saturated carbocycles. The molecule has 162 valence electrons. The summed E-state index contributed by atoms with van der Waals surface area (Å²) in [6.45, 7) is 0.343. The molecule has 32 heavy (non-hydrogen) atoms. The second-order valence-corrected chi connectivity index (χ2v) is 9.82.